The second-order valence-electron chi connectivity index (χ2n) is 4.00. The van der Waals surface area contributed by atoms with Gasteiger partial charge in [-0.25, -0.2) is 4.39 Å². The zero-order chi connectivity index (χ0) is 13.1. The Bertz CT molecular complexity index is 557. The van der Waals surface area contributed by atoms with Gasteiger partial charge in [-0.15, -0.1) is 0 Å². The Morgan fingerprint density at radius 2 is 1.89 bits per heavy atom. The zero-order valence-corrected chi connectivity index (χ0v) is 11.4. The molecule has 0 radical (unpaired) electrons. The van der Waals surface area contributed by atoms with Crippen LogP contribution in [0.15, 0.2) is 46.9 Å². The largest absolute Gasteiger partial charge is 0.454 e. The first-order chi connectivity index (χ1) is 8.58. The second kappa shape index (κ2) is 5.50. The minimum absolute atomic E-state index is 0.167. The summed E-state index contributed by atoms with van der Waals surface area (Å²) in [4.78, 5) is 0. The van der Waals surface area contributed by atoms with Crippen LogP contribution in [0.1, 0.15) is 18.5 Å². The minimum atomic E-state index is -0.413. The van der Waals surface area contributed by atoms with Crippen molar-refractivity contribution in [3.05, 3.63) is 58.3 Å². The summed E-state index contributed by atoms with van der Waals surface area (Å²) >= 11 is 3.20. The predicted octanol–water partition coefficient (Wildman–Crippen LogP) is 4.40. The van der Waals surface area contributed by atoms with Crippen LogP contribution in [0, 0.1) is 5.82 Å². The Kier molecular flexibility index (Phi) is 3.99. The lowest BCUT2D eigenvalue weighted by Gasteiger charge is -2.13. The van der Waals surface area contributed by atoms with Gasteiger partial charge in [0.25, 0.3) is 0 Å². The summed E-state index contributed by atoms with van der Waals surface area (Å²) in [6, 6.07) is 11.9. The molecule has 1 atom stereocenters. The van der Waals surface area contributed by atoms with Gasteiger partial charge in [-0.05, 0) is 31.2 Å². The smallest absolute Gasteiger partial charge is 0.166 e. The highest BCUT2D eigenvalue weighted by Gasteiger charge is 2.10. The Hall–Kier alpha value is -1.39. The molecular formula is C14H13BrFNO. The summed E-state index contributed by atoms with van der Waals surface area (Å²) in [6.45, 7) is 1.86. The van der Waals surface area contributed by atoms with E-state index in [1.165, 1.54) is 6.07 Å². The summed E-state index contributed by atoms with van der Waals surface area (Å²) in [5, 5.41) is 0. The molecule has 0 amide bonds. The third-order valence-corrected chi connectivity index (χ3v) is 3.02. The number of rotatable bonds is 3. The highest BCUT2D eigenvalue weighted by Crippen LogP contribution is 2.31. The molecule has 0 fully saturated rings. The van der Waals surface area contributed by atoms with Crippen LogP contribution in [0.25, 0.3) is 0 Å². The van der Waals surface area contributed by atoms with Crippen LogP contribution in [-0.4, -0.2) is 0 Å². The van der Waals surface area contributed by atoms with Crippen LogP contribution in [0.3, 0.4) is 0 Å². The van der Waals surface area contributed by atoms with Gasteiger partial charge >= 0.3 is 0 Å². The van der Waals surface area contributed by atoms with Crippen molar-refractivity contribution < 1.29 is 9.13 Å². The molecule has 0 saturated heterocycles. The van der Waals surface area contributed by atoms with Gasteiger partial charge in [-0.1, -0.05) is 34.1 Å². The molecule has 2 aromatic rings. The zero-order valence-electron chi connectivity index (χ0n) is 9.86. The van der Waals surface area contributed by atoms with E-state index in [9.17, 15) is 4.39 Å². The van der Waals surface area contributed by atoms with E-state index in [1.807, 2.05) is 25.1 Å². The number of para-hydroxylation sites is 1. The van der Waals surface area contributed by atoms with Crippen molar-refractivity contribution in [2.75, 3.05) is 0 Å². The summed E-state index contributed by atoms with van der Waals surface area (Å²) in [5.74, 6) is 0.351. The van der Waals surface area contributed by atoms with E-state index in [0.717, 1.165) is 5.56 Å². The molecule has 0 spiro atoms. The predicted molar refractivity (Wildman–Crippen MR) is 73.2 cm³/mol. The Labute approximate surface area is 114 Å². The topological polar surface area (TPSA) is 35.2 Å². The van der Waals surface area contributed by atoms with E-state index in [1.54, 1.807) is 18.2 Å². The van der Waals surface area contributed by atoms with Gasteiger partial charge in [0.15, 0.2) is 11.6 Å². The summed E-state index contributed by atoms with van der Waals surface area (Å²) in [6.07, 6.45) is 0. The van der Waals surface area contributed by atoms with Crippen molar-refractivity contribution in [3.8, 4) is 11.5 Å². The lowest BCUT2D eigenvalue weighted by atomic mass is 10.1. The molecule has 4 heteroatoms. The normalized spacial score (nSPS) is 12.2. The van der Waals surface area contributed by atoms with Crippen molar-refractivity contribution in [3.63, 3.8) is 0 Å². The maximum absolute atomic E-state index is 13.7. The SMILES string of the molecule is C[C@@H](N)c1ccccc1Oc1ccc(Br)cc1F. The van der Waals surface area contributed by atoms with Crippen molar-refractivity contribution in [2.45, 2.75) is 13.0 Å². The molecule has 0 saturated carbocycles. The maximum Gasteiger partial charge on any atom is 0.166 e. The lowest BCUT2D eigenvalue weighted by molar-refractivity contribution is 0.435. The van der Waals surface area contributed by atoms with E-state index in [0.29, 0.717) is 10.2 Å². The molecule has 2 N–H and O–H groups in total. The Balaban J connectivity index is 2.34. The quantitative estimate of drug-likeness (QED) is 0.912. The van der Waals surface area contributed by atoms with Crippen LogP contribution in [0.5, 0.6) is 11.5 Å². The fourth-order valence-corrected chi connectivity index (χ4v) is 1.96. The molecule has 0 heterocycles. The van der Waals surface area contributed by atoms with E-state index in [4.69, 9.17) is 10.5 Å². The van der Waals surface area contributed by atoms with Crippen molar-refractivity contribution in [1.29, 1.82) is 0 Å². The van der Waals surface area contributed by atoms with Crippen LogP contribution in [0.2, 0.25) is 0 Å². The number of hydrogen-bond donors (Lipinski definition) is 1. The monoisotopic (exact) mass is 309 g/mol. The fraction of sp³-hybridized carbons (Fsp3) is 0.143. The fourth-order valence-electron chi connectivity index (χ4n) is 1.63. The maximum atomic E-state index is 13.7. The Morgan fingerprint density at radius 1 is 1.17 bits per heavy atom. The van der Waals surface area contributed by atoms with Crippen molar-refractivity contribution >= 4 is 15.9 Å². The molecule has 0 aliphatic rings. The molecule has 18 heavy (non-hydrogen) atoms. The molecule has 0 aromatic heterocycles. The molecule has 0 unspecified atom stereocenters. The van der Waals surface area contributed by atoms with E-state index >= 15 is 0 Å². The number of halogens is 2. The van der Waals surface area contributed by atoms with Crippen LogP contribution in [0.4, 0.5) is 4.39 Å². The highest BCUT2D eigenvalue weighted by molar-refractivity contribution is 9.10. The minimum Gasteiger partial charge on any atom is -0.454 e. The van der Waals surface area contributed by atoms with Crippen molar-refractivity contribution in [2.24, 2.45) is 5.73 Å². The second-order valence-corrected chi connectivity index (χ2v) is 4.92. The third kappa shape index (κ3) is 2.89. The van der Waals surface area contributed by atoms with Gasteiger partial charge in [0.1, 0.15) is 5.75 Å². The highest BCUT2D eigenvalue weighted by atomic mass is 79.9. The first kappa shape index (κ1) is 13.1. The summed E-state index contributed by atoms with van der Waals surface area (Å²) < 4.78 is 19.9. The standard InChI is InChI=1S/C14H13BrFNO/c1-9(17)11-4-2-3-5-13(11)18-14-7-6-10(15)8-12(14)16/h2-9H,17H2,1H3/t9-/m1/s1. The average Bonchev–Trinajstić information content (AvgIpc) is 2.33. The van der Waals surface area contributed by atoms with Gasteiger partial charge in [0.2, 0.25) is 0 Å². The van der Waals surface area contributed by atoms with Gasteiger partial charge in [0, 0.05) is 16.1 Å². The molecule has 2 aromatic carbocycles. The van der Waals surface area contributed by atoms with Crippen LogP contribution >= 0.6 is 15.9 Å². The third-order valence-electron chi connectivity index (χ3n) is 2.52. The van der Waals surface area contributed by atoms with Gasteiger partial charge in [-0.2, -0.15) is 0 Å². The number of nitrogens with two attached hydrogens (primary N) is 1. The van der Waals surface area contributed by atoms with E-state index < -0.39 is 5.82 Å². The average molecular weight is 310 g/mol. The number of hydrogen-bond acceptors (Lipinski definition) is 2. The van der Waals surface area contributed by atoms with Crippen LogP contribution < -0.4 is 10.5 Å². The first-order valence-corrected chi connectivity index (χ1v) is 6.34. The molecule has 0 aliphatic heterocycles. The van der Waals surface area contributed by atoms with Crippen LogP contribution in [-0.2, 0) is 0 Å². The first-order valence-electron chi connectivity index (χ1n) is 5.55. The van der Waals surface area contributed by atoms with Gasteiger partial charge in [-0.3, -0.25) is 0 Å². The number of ether oxygens (including phenoxy) is 1. The number of benzene rings is 2. The van der Waals surface area contributed by atoms with Crippen molar-refractivity contribution in [1.82, 2.24) is 0 Å². The molecule has 94 valence electrons. The molecule has 2 nitrogen and oxygen atoms in total. The Morgan fingerprint density at radius 3 is 2.56 bits per heavy atom. The summed E-state index contributed by atoms with van der Waals surface area (Å²) in [7, 11) is 0. The van der Waals surface area contributed by atoms with Gasteiger partial charge < -0.3 is 10.5 Å². The van der Waals surface area contributed by atoms with E-state index in [2.05, 4.69) is 15.9 Å². The van der Waals surface area contributed by atoms with Gasteiger partial charge in [0.05, 0.1) is 0 Å². The van der Waals surface area contributed by atoms with E-state index in [-0.39, 0.29) is 11.8 Å². The lowest BCUT2D eigenvalue weighted by Crippen LogP contribution is -2.06. The molecular weight excluding hydrogens is 297 g/mol. The summed E-state index contributed by atoms with van der Waals surface area (Å²) in [5.41, 5.74) is 6.70. The molecule has 2 rings (SSSR count). The molecule has 0 aliphatic carbocycles. The molecule has 0 bridgehead atoms.